The Morgan fingerprint density at radius 2 is 1.06 bits per heavy atom. The molecule has 0 aliphatic heterocycles. The minimum atomic E-state index is -2.71. The van der Waals surface area contributed by atoms with Crippen molar-refractivity contribution in [3.8, 4) is 0 Å². The molecule has 0 aromatic heterocycles. The van der Waals surface area contributed by atoms with Crippen molar-refractivity contribution in [1.29, 1.82) is 0 Å². The summed E-state index contributed by atoms with van der Waals surface area (Å²) in [6.07, 6.45) is 2.74. The molecule has 0 amide bonds. The number of hydrogen-bond donors (Lipinski definition) is 0. The Bertz CT molecular complexity index is 506. The standard InChI is InChI=1S/C21H54O7Si5/c1-14-15-16-24-21(2)19-22-17-18-23-20-33(13,27-31(9,10)25-29(3,4)5)28-32(11,12)26-30(6,7)8/h21H,14-20H2,1-13H3. The molecule has 0 rings (SSSR count). The molecule has 0 heterocycles. The third-order valence-corrected chi connectivity index (χ3v) is 21.0. The molecule has 12 heteroatoms. The summed E-state index contributed by atoms with van der Waals surface area (Å²) in [6.45, 7) is 30.2. The molecule has 0 saturated carbocycles. The van der Waals surface area contributed by atoms with Crippen molar-refractivity contribution >= 4 is 42.3 Å². The van der Waals surface area contributed by atoms with Gasteiger partial charge in [0, 0.05) is 6.61 Å². The second-order valence-corrected chi connectivity index (χ2v) is 31.6. The van der Waals surface area contributed by atoms with Gasteiger partial charge in [-0.3, -0.25) is 0 Å². The molecule has 0 bridgehead atoms. The molecule has 0 N–H and O–H groups in total. The maximum Gasteiger partial charge on any atom is 0.344 e. The van der Waals surface area contributed by atoms with Crippen molar-refractivity contribution < 1.29 is 30.7 Å². The molecular weight excluding hydrogens is 505 g/mol. The summed E-state index contributed by atoms with van der Waals surface area (Å²) in [6, 6.07) is 0. The fourth-order valence-corrected chi connectivity index (χ4v) is 26.5. The first-order valence-electron chi connectivity index (χ1n) is 12.4. The highest BCUT2D eigenvalue weighted by molar-refractivity contribution is 6.90. The van der Waals surface area contributed by atoms with Gasteiger partial charge in [-0.15, -0.1) is 0 Å². The van der Waals surface area contributed by atoms with E-state index in [1.54, 1.807) is 0 Å². The minimum Gasteiger partial charge on any atom is -0.437 e. The Labute approximate surface area is 210 Å². The van der Waals surface area contributed by atoms with Crippen LogP contribution in [0.5, 0.6) is 0 Å². The predicted octanol–water partition coefficient (Wildman–Crippen LogP) is 5.98. The summed E-state index contributed by atoms with van der Waals surface area (Å²) in [5.74, 6) is 0. The first-order valence-corrected chi connectivity index (χ1v) is 27.3. The molecule has 0 aliphatic rings. The fraction of sp³-hybridized carbons (Fsp3) is 1.00. The van der Waals surface area contributed by atoms with Gasteiger partial charge in [0.1, 0.15) is 0 Å². The molecule has 1 unspecified atom stereocenters. The third-order valence-electron chi connectivity index (χ3n) is 4.02. The highest BCUT2D eigenvalue weighted by atomic mass is 28.5. The lowest BCUT2D eigenvalue weighted by Crippen LogP contribution is -2.61. The van der Waals surface area contributed by atoms with Crippen LogP contribution in [0.15, 0.2) is 0 Å². The zero-order valence-electron chi connectivity index (χ0n) is 23.9. The summed E-state index contributed by atoms with van der Waals surface area (Å²) in [5.41, 5.74) is 0. The van der Waals surface area contributed by atoms with E-state index >= 15 is 0 Å². The minimum absolute atomic E-state index is 0.0962. The van der Waals surface area contributed by atoms with Crippen LogP contribution in [0, 0.1) is 0 Å². The Kier molecular flexibility index (Phi) is 14.9. The zero-order chi connectivity index (χ0) is 26.0. The van der Waals surface area contributed by atoms with Gasteiger partial charge < -0.3 is 30.7 Å². The maximum atomic E-state index is 6.70. The van der Waals surface area contributed by atoms with Gasteiger partial charge in [-0.1, -0.05) is 13.3 Å². The van der Waals surface area contributed by atoms with Gasteiger partial charge in [0.25, 0.3) is 0 Å². The molecule has 0 saturated heterocycles. The Morgan fingerprint density at radius 1 is 0.606 bits per heavy atom. The first kappa shape index (κ1) is 33.8. The summed E-state index contributed by atoms with van der Waals surface area (Å²) in [4.78, 5) is 0. The van der Waals surface area contributed by atoms with E-state index in [0.29, 0.717) is 26.1 Å². The highest BCUT2D eigenvalue weighted by Crippen LogP contribution is 2.26. The van der Waals surface area contributed by atoms with Crippen molar-refractivity contribution in [2.45, 2.75) is 105 Å². The number of unbranched alkanes of at least 4 members (excludes halogenated alkanes) is 1. The molecule has 0 fully saturated rings. The normalized spacial score (nSPS) is 15.2. The number of rotatable bonds is 19. The molecule has 1 atom stereocenters. The van der Waals surface area contributed by atoms with Gasteiger partial charge in [0.05, 0.1) is 32.2 Å². The van der Waals surface area contributed by atoms with Crippen LogP contribution in [0.3, 0.4) is 0 Å². The van der Waals surface area contributed by atoms with Gasteiger partial charge in [0.2, 0.25) is 0 Å². The summed E-state index contributed by atoms with van der Waals surface area (Å²) < 4.78 is 43.8. The van der Waals surface area contributed by atoms with Gasteiger partial charge in [-0.2, -0.15) is 0 Å². The summed E-state index contributed by atoms with van der Waals surface area (Å²) >= 11 is 0. The van der Waals surface area contributed by atoms with Crippen molar-refractivity contribution in [3.05, 3.63) is 0 Å². The second-order valence-electron chi connectivity index (χ2n) is 11.7. The van der Waals surface area contributed by atoms with Crippen LogP contribution in [0.1, 0.15) is 26.7 Å². The largest absolute Gasteiger partial charge is 0.437 e. The average Bonchev–Trinajstić information content (AvgIpc) is 2.52. The maximum absolute atomic E-state index is 6.70. The molecule has 0 radical (unpaired) electrons. The van der Waals surface area contributed by atoms with Crippen LogP contribution in [0.4, 0.5) is 0 Å². The van der Waals surface area contributed by atoms with Crippen LogP contribution in [0.25, 0.3) is 0 Å². The summed E-state index contributed by atoms with van der Waals surface area (Å²) in [7, 11) is -11.0. The first-order chi connectivity index (χ1) is 14.8. The van der Waals surface area contributed by atoms with Gasteiger partial charge in [0.15, 0.2) is 16.6 Å². The van der Waals surface area contributed by atoms with E-state index in [2.05, 4.69) is 78.9 Å². The molecule has 200 valence electrons. The topological polar surface area (TPSA) is 64.6 Å². The monoisotopic (exact) mass is 558 g/mol. The van der Waals surface area contributed by atoms with E-state index < -0.39 is 42.3 Å². The molecule has 0 aliphatic carbocycles. The van der Waals surface area contributed by atoms with Crippen LogP contribution in [-0.4, -0.2) is 81.1 Å². The lowest BCUT2D eigenvalue weighted by molar-refractivity contribution is -0.0220. The quantitative estimate of drug-likeness (QED) is 0.143. The van der Waals surface area contributed by atoms with Crippen LogP contribution >= 0.6 is 0 Å². The molecule has 33 heavy (non-hydrogen) atoms. The summed E-state index contributed by atoms with van der Waals surface area (Å²) in [5, 5.41) is 0. The van der Waals surface area contributed by atoms with E-state index in [1.807, 2.05) is 6.92 Å². The average molecular weight is 559 g/mol. The van der Waals surface area contributed by atoms with Gasteiger partial charge in [-0.05, 0) is 85.4 Å². The molecular formula is C21H54O7Si5. The SMILES string of the molecule is CCCCOC(C)COCCOC[Si](C)(O[Si](C)(C)O[Si](C)(C)C)O[Si](C)(C)O[Si](C)(C)C. The van der Waals surface area contributed by atoms with Crippen molar-refractivity contribution in [3.63, 3.8) is 0 Å². The molecule has 0 aromatic rings. The lowest BCUT2D eigenvalue weighted by Gasteiger charge is -2.42. The smallest absolute Gasteiger partial charge is 0.344 e. The lowest BCUT2D eigenvalue weighted by atomic mass is 10.3. The van der Waals surface area contributed by atoms with Gasteiger partial charge in [-0.25, -0.2) is 0 Å². The number of ether oxygens (including phenoxy) is 3. The van der Waals surface area contributed by atoms with Crippen molar-refractivity contribution in [2.24, 2.45) is 0 Å². The van der Waals surface area contributed by atoms with E-state index in [0.717, 1.165) is 19.4 Å². The van der Waals surface area contributed by atoms with Crippen LogP contribution in [0.2, 0.25) is 72.0 Å². The Hall–Kier alpha value is 0.804. The number of hydrogen-bond acceptors (Lipinski definition) is 7. The Morgan fingerprint density at radius 3 is 1.48 bits per heavy atom. The second kappa shape index (κ2) is 14.5. The predicted molar refractivity (Wildman–Crippen MR) is 150 cm³/mol. The van der Waals surface area contributed by atoms with E-state index in [1.165, 1.54) is 0 Å². The molecule has 0 aromatic carbocycles. The van der Waals surface area contributed by atoms with Crippen molar-refractivity contribution in [2.75, 3.05) is 32.7 Å². The third kappa shape index (κ3) is 19.6. The molecule has 0 spiro atoms. The zero-order valence-corrected chi connectivity index (χ0v) is 28.9. The van der Waals surface area contributed by atoms with Crippen LogP contribution < -0.4 is 0 Å². The highest BCUT2D eigenvalue weighted by Gasteiger charge is 2.47. The van der Waals surface area contributed by atoms with E-state index in [4.69, 9.17) is 30.7 Å². The Balaban J connectivity index is 4.93. The van der Waals surface area contributed by atoms with E-state index in [9.17, 15) is 0 Å². The fourth-order valence-electron chi connectivity index (χ4n) is 3.74. The van der Waals surface area contributed by atoms with Gasteiger partial charge >= 0.3 is 25.7 Å². The van der Waals surface area contributed by atoms with E-state index in [-0.39, 0.29) is 6.10 Å². The van der Waals surface area contributed by atoms with Crippen molar-refractivity contribution in [1.82, 2.24) is 0 Å². The van der Waals surface area contributed by atoms with Crippen LogP contribution in [-0.2, 0) is 30.7 Å². The molecule has 7 nitrogen and oxygen atoms in total.